The van der Waals surface area contributed by atoms with Gasteiger partial charge in [-0.25, -0.2) is 0 Å². The summed E-state index contributed by atoms with van der Waals surface area (Å²) in [5.41, 5.74) is 8.64. The molecule has 0 aliphatic carbocycles. The summed E-state index contributed by atoms with van der Waals surface area (Å²) in [6.45, 7) is 4.29. The van der Waals surface area contributed by atoms with Crippen molar-refractivity contribution in [1.82, 2.24) is 5.16 Å². The summed E-state index contributed by atoms with van der Waals surface area (Å²) < 4.78 is 10.6. The van der Waals surface area contributed by atoms with Gasteiger partial charge in [-0.15, -0.1) is 0 Å². The number of aromatic nitrogens is 1. The Balaban J connectivity index is 2.52. The van der Waals surface area contributed by atoms with Crippen LogP contribution < -0.4 is 10.5 Å². The van der Waals surface area contributed by atoms with E-state index in [-0.39, 0.29) is 0 Å². The molecule has 4 heteroatoms. The first-order chi connectivity index (χ1) is 9.19. The molecule has 1 heterocycles. The van der Waals surface area contributed by atoms with Crippen LogP contribution in [-0.4, -0.2) is 12.3 Å². The Bertz CT molecular complexity index is 549. The van der Waals surface area contributed by atoms with Crippen molar-refractivity contribution in [3.63, 3.8) is 0 Å². The second kappa shape index (κ2) is 5.78. The Morgan fingerprint density at radius 3 is 2.79 bits per heavy atom. The van der Waals surface area contributed by atoms with Crippen molar-refractivity contribution in [1.29, 1.82) is 0 Å². The maximum atomic E-state index is 5.95. The normalized spacial score (nSPS) is 12.4. The van der Waals surface area contributed by atoms with E-state index in [1.54, 1.807) is 7.11 Å². The highest BCUT2D eigenvalue weighted by molar-refractivity contribution is 5.80. The molecule has 1 unspecified atom stereocenters. The van der Waals surface area contributed by atoms with Crippen molar-refractivity contribution in [2.24, 2.45) is 0 Å². The van der Waals surface area contributed by atoms with Crippen LogP contribution in [0.3, 0.4) is 0 Å². The molecular formula is C15H20N2O2. The van der Waals surface area contributed by atoms with Gasteiger partial charge in [0.1, 0.15) is 5.75 Å². The highest BCUT2D eigenvalue weighted by Gasteiger charge is 2.22. The number of nitrogens with zero attached hydrogens (tertiary/aromatic N) is 1. The average Bonchev–Trinajstić information content (AvgIpc) is 2.81. The van der Waals surface area contributed by atoms with Crippen LogP contribution in [0.25, 0.3) is 11.1 Å². The number of anilines is 1. The monoisotopic (exact) mass is 260 g/mol. The van der Waals surface area contributed by atoms with Crippen LogP contribution in [0.5, 0.6) is 5.75 Å². The number of nitrogens with two attached hydrogens (primary N) is 1. The molecule has 1 atom stereocenters. The smallest absolute Gasteiger partial charge is 0.230 e. The molecule has 0 spiro atoms. The summed E-state index contributed by atoms with van der Waals surface area (Å²) >= 11 is 0. The summed E-state index contributed by atoms with van der Waals surface area (Å²) in [7, 11) is 1.65. The average molecular weight is 260 g/mol. The molecule has 1 aromatic heterocycles. The zero-order valence-corrected chi connectivity index (χ0v) is 11.6. The molecule has 0 fully saturated rings. The molecule has 2 N–H and O–H groups in total. The first kappa shape index (κ1) is 13.5. The SMILES string of the molecule is CCCC(C)c1noc(N)c1-c1ccccc1OC. The van der Waals surface area contributed by atoms with Crippen molar-refractivity contribution < 1.29 is 9.26 Å². The Morgan fingerprint density at radius 1 is 1.37 bits per heavy atom. The molecule has 19 heavy (non-hydrogen) atoms. The molecule has 1 aromatic carbocycles. The van der Waals surface area contributed by atoms with Gasteiger partial charge in [-0.05, 0) is 12.5 Å². The predicted octanol–water partition coefficient (Wildman–Crippen LogP) is 3.84. The van der Waals surface area contributed by atoms with Gasteiger partial charge < -0.3 is 15.0 Å². The van der Waals surface area contributed by atoms with Crippen molar-refractivity contribution >= 4 is 5.88 Å². The van der Waals surface area contributed by atoms with Crippen LogP contribution in [0.1, 0.15) is 38.3 Å². The highest BCUT2D eigenvalue weighted by Crippen LogP contribution is 2.39. The van der Waals surface area contributed by atoms with E-state index in [1.807, 2.05) is 24.3 Å². The van der Waals surface area contributed by atoms with E-state index in [9.17, 15) is 0 Å². The zero-order chi connectivity index (χ0) is 13.8. The number of hydrogen-bond donors (Lipinski definition) is 1. The fourth-order valence-electron chi connectivity index (χ4n) is 2.34. The van der Waals surface area contributed by atoms with E-state index in [4.69, 9.17) is 15.0 Å². The minimum atomic E-state index is 0.311. The van der Waals surface area contributed by atoms with Crippen molar-refractivity contribution in [2.75, 3.05) is 12.8 Å². The van der Waals surface area contributed by atoms with Crippen molar-refractivity contribution in [3.8, 4) is 16.9 Å². The number of benzene rings is 1. The fraction of sp³-hybridized carbons (Fsp3) is 0.400. The fourth-order valence-corrected chi connectivity index (χ4v) is 2.34. The number of nitrogen functional groups attached to an aromatic ring is 1. The van der Waals surface area contributed by atoms with E-state index in [0.29, 0.717) is 11.8 Å². The third kappa shape index (κ3) is 2.57. The molecule has 102 valence electrons. The van der Waals surface area contributed by atoms with Crippen molar-refractivity contribution in [2.45, 2.75) is 32.6 Å². The standard InChI is InChI=1S/C15H20N2O2/c1-4-7-10(2)14-13(15(16)19-17-14)11-8-5-6-9-12(11)18-3/h5-6,8-10H,4,7,16H2,1-3H3. The van der Waals surface area contributed by atoms with E-state index in [2.05, 4.69) is 19.0 Å². The summed E-state index contributed by atoms with van der Waals surface area (Å²) in [6.07, 6.45) is 2.15. The van der Waals surface area contributed by atoms with Crippen LogP contribution in [-0.2, 0) is 0 Å². The topological polar surface area (TPSA) is 61.3 Å². The van der Waals surface area contributed by atoms with Gasteiger partial charge in [0.05, 0.1) is 18.4 Å². The minimum Gasteiger partial charge on any atom is -0.496 e. The van der Waals surface area contributed by atoms with E-state index < -0.39 is 0 Å². The maximum absolute atomic E-state index is 5.95. The van der Waals surface area contributed by atoms with E-state index >= 15 is 0 Å². The Hall–Kier alpha value is -1.97. The predicted molar refractivity (Wildman–Crippen MR) is 76.2 cm³/mol. The Labute approximate surface area is 113 Å². The first-order valence-electron chi connectivity index (χ1n) is 6.57. The van der Waals surface area contributed by atoms with E-state index in [0.717, 1.165) is 35.4 Å². The van der Waals surface area contributed by atoms with Gasteiger partial charge in [0.2, 0.25) is 5.88 Å². The molecule has 0 radical (unpaired) electrons. The van der Waals surface area contributed by atoms with Crippen LogP contribution in [0, 0.1) is 0 Å². The molecule has 0 saturated heterocycles. The lowest BCUT2D eigenvalue weighted by Gasteiger charge is -2.11. The quantitative estimate of drug-likeness (QED) is 0.887. The third-order valence-electron chi connectivity index (χ3n) is 3.31. The second-order valence-corrected chi connectivity index (χ2v) is 4.70. The molecule has 2 rings (SSSR count). The molecule has 0 aliphatic heterocycles. The zero-order valence-electron chi connectivity index (χ0n) is 11.6. The molecule has 0 aliphatic rings. The van der Waals surface area contributed by atoms with Crippen LogP contribution >= 0.6 is 0 Å². The second-order valence-electron chi connectivity index (χ2n) is 4.70. The van der Waals surface area contributed by atoms with Gasteiger partial charge in [-0.3, -0.25) is 0 Å². The highest BCUT2D eigenvalue weighted by atomic mass is 16.5. The van der Waals surface area contributed by atoms with Gasteiger partial charge in [0, 0.05) is 11.5 Å². The molecule has 0 bridgehead atoms. The van der Waals surface area contributed by atoms with Crippen molar-refractivity contribution in [3.05, 3.63) is 30.0 Å². The first-order valence-corrected chi connectivity index (χ1v) is 6.57. The summed E-state index contributed by atoms with van der Waals surface area (Å²) in [6, 6.07) is 7.78. The van der Waals surface area contributed by atoms with Gasteiger partial charge in [-0.2, -0.15) is 0 Å². The van der Waals surface area contributed by atoms with Gasteiger partial charge in [0.15, 0.2) is 0 Å². The number of rotatable bonds is 5. The van der Waals surface area contributed by atoms with Crippen LogP contribution in [0.2, 0.25) is 0 Å². The molecule has 2 aromatic rings. The Morgan fingerprint density at radius 2 is 2.11 bits per heavy atom. The minimum absolute atomic E-state index is 0.311. The lowest BCUT2D eigenvalue weighted by molar-refractivity contribution is 0.416. The van der Waals surface area contributed by atoms with Crippen LogP contribution in [0.15, 0.2) is 28.8 Å². The molecule has 4 nitrogen and oxygen atoms in total. The van der Waals surface area contributed by atoms with Crippen LogP contribution in [0.4, 0.5) is 5.88 Å². The van der Waals surface area contributed by atoms with Gasteiger partial charge in [0.25, 0.3) is 0 Å². The van der Waals surface area contributed by atoms with E-state index in [1.165, 1.54) is 0 Å². The lowest BCUT2D eigenvalue weighted by atomic mass is 9.94. The third-order valence-corrected chi connectivity index (χ3v) is 3.31. The lowest BCUT2D eigenvalue weighted by Crippen LogP contribution is -1.98. The molecule has 0 saturated carbocycles. The molecule has 0 amide bonds. The Kier molecular flexibility index (Phi) is 4.10. The van der Waals surface area contributed by atoms with Gasteiger partial charge in [-0.1, -0.05) is 43.6 Å². The summed E-state index contributed by atoms with van der Waals surface area (Å²) in [5, 5.41) is 4.13. The number of methoxy groups -OCH3 is 1. The number of ether oxygens (including phenoxy) is 1. The summed E-state index contributed by atoms with van der Waals surface area (Å²) in [4.78, 5) is 0. The number of hydrogen-bond acceptors (Lipinski definition) is 4. The largest absolute Gasteiger partial charge is 0.496 e. The maximum Gasteiger partial charge on any atom is 0.230 e. The number of para-hydroxylation sites is 1. The summed E-state index contributed by atoms with van der Waals surface area (Å²) in [5.74, 6) is 1.44. The van der Waals surface area contributed by atoms with Gasteiger partial charge >= 0.3 is 0 Å². The molecular weight excluding hydrogens is 240 g/mol.